The van der Waals surface area contributed by atoms with E-state index in [2.05, 4.69) is 32.1 Å². The Kier molecular flexibility index (Phi) is 7.09. The number of halogens is 1. The molecule has 3 aromatic rings. The summed E-state index contributed by atoms with van der Waals surface area (Å²) in [4.78, 5) is 29.1. The van der Waals surface area contributed by atoms with E-state index >= 15 is 0 Å². The van der Waals surface area contributed by atoms with E-state index < -0.39 is 0 Å². The zero-order valence-electron chi connectivity index (χ0n) is 18.4. The minimum atomic E-state index is -0.111. The van der Waals surface area contributed by atoms with Gasteiger partial charge in [-0.2, -0.15) is 0 Å². The zero-order valence-corrected chi connectivity index (χ0v) is 19.1. The van der Waals surface area contributed by atoms with Crippen molar-refractivity contribution < 1.29 is 9.53 Å². The Morgan fingerprint density at radius 3 is 2.73 bits per heavy atom. The van der Waals surface area contributed by atoms with Gasteiger partial charge in [0.05, 0.1) is 5.69 Å². The number of nitrogen functional groups attached to an aromatic ring is 1. The molecule has 1 aliphatic heterocycles. The molecule has 0 bridgehead atoms. The van der Waals surface area contributed by atoms with E-state index in [-0.39, 0.29) is 18.6 Å². The molecular weight excluding hydrogens is 442 g/mol. The van der Waals surface area contributed by atoms with Gasteiger partial charge in [-0.3, -0.25) is 0 Å². The monoisotopic (exact) mass is 467 g/mol. The Labute approximate surface area is 197 Å². The minimum absolute atomic E-state index is 0.111. The van der Waals surface area contributed by atoms with Gasteiger partial charge in [0, 0.05) is 38.1 Å². The summed E-state index contributed by atoms with van der Waals surface area (Å²) in [7, 11) is 0. The molecule has 2 amide bonds. The number of carbonyl (C=O) groups excluding carboxylic acids is 1. The number of ether oxygens (including phenoxy) is 1. The first-order valence-corrected chi connectivity index (χ1v) is 11.2. The average molecular weight is 468 g/mol. The quantitative estimate of drug-likeness (QED) is 0.533. The first-order valence-electron chi connectivity index (χ1n) is 10.8. The fourth-order valence-electron chi connectivity index (χ4n) is 3.59. The highest BCUT2D eigenvalue weighted by molar-refractivity contribution is 6.29. The average Bonchev–Trinajstić information content (AvgIpc) is 2.83. The number of carbonyl (C=O) groups is 1. The number of piperazine rings is 1. The molecule has 172 valence electrons. The van der Waals surface area contributed by atoms with E-state index in [4.69, 9.17) is 22.1 Å². The number of nitrogens with one attached hydrogen (secondary N) is 1. The second kappa shape index (κ2) is 10.4. The molecule has 1 aliphatic rings. The number of hydrogen-bond donors (Lipinski definition) is 2. The van der Waals surface area contributed by atoms with Crippen LogP contribution in [-0.2, 0) is 13.0 Å². The van der Waals surface area contributed by atoms with Crippen molar-refractivity contribution in [2.24, 2.45) is 0 Å². The first-order chi connectivity index (χ1) is 16.0. The van der Waals surface area contributed by atoms with E-state index in [1.807, 2.05) is 24.3 Å². The van der Waals surface area contributed by atoms with Crippen LogP contribution < -0.4 is 20.7 Å². The number of nitrogens with two attached hydrogens (primary N) is 1. The van der Waals surface area contributed by atoms with Crippen LogP contribution >= 0.6 is 11.6 Å². The maximum Gasteiger partial charge on any atom is 0.321 e. The van der Waals surface area contributed by atoms with Crippen LogP contribution in [0.5, 0.6) is 5.75 Å². The van der Waals surface area contributed by atoms with Gasteiger partial charge in [0.25, 0.3) is 0 Å². The number of pyridine rings is 1. The van der Waals surface area contributed by atoms with Gasteiger partial charge in [0.15, 0.2) is 11.6 Å². The molecule has 33 heavy (non-hydrogen) atoms. The van der Waals surface area contributed by atoms with Gasteiger partial charge < -0.3 is 25.6 Å². The molecule has 3 N–H and O–H groups in total. The lowest BCUT2D eigenvalue weighted by molar-refractivity contribution is 0.208. The minimum Gasteiger partial charge on any atom is -0.483 e. The third kappa shape index (κ3) is 5.81. The number of urea groups is 1. The molecule has 10 heteroatoms. The molecule has 1 saturated heterocycles. The van der Waals surface area contributed by atoms with Crippen LogP contribution in [0.4, 0.5) is 22.2 Å². The molecule has 4 rings (SSSR count). The van der Waals surface area contributed by atoms with E-state index in [9.17, 15) is 4.79 Å². The van der Waals surface area contributed by atoms with Crippen LogP contribution in [0.1, 0.15) is 18.2 Å². The summed E-state index contributed by atoms with van der Waals surface area (Å²) in [6, 6.07) is 13.0. The predicted molar refractivity (Wildman–Crippen MR) is 129 cm³/mol. The molecular formula is C23H26ClN7O2. The number of amides is 2. The van der Waals surface area contributed by atoms with Crippen molar-refractivity contribution in [3.8, 4) is 5.75 Å². The topological polar surface area (TPSA) is 110 Å². The summed E-state index contributed by atoms with van der Waals surface area (Å²) in [6.07, 6.45) is 2.51. The lowest BCUT2D eigenvalue weighted by Crippen LogP contribution is -2.50. The highest BCUT2D eigenvalue weighted by Crippen LogP contribution is 2.29. The Bertz CT molecular complexity index is 1120. The number of nitrogens with zero attached hydrogens (tertiary/aromatic N) is 5. The molecule has 9 nitrogen and oxygen atoms in total. The SMILES string of the molecule is CCc1cccc(NC(=O)N2CCN(c3nc(Cl)ccc3OCc3ccnc(N)n3)CC2)c1. The Balaban J connectivity index is 1.38. The molecule has 0 saturated carbocycles. The third-order valence-corrected chi connectivity index (χ3v) is 5.58. The van der Waals surface area contributed by atoms with Gasteiger partial charge in [0.1, 0.15) is 11.8 Å². The second-order valence-corrected chi connectivity index (χ2v) is 8.00. The predicted octanol–water partition coefficient (Wildman–Crippen LogP) is 3.60. The fourth-order valence-corrected chi connectivity index (χ4v) is 3.73. The number of aromatic nitrogens is 3. The van der Waals surface area contributed by atoms with Crippen molar-refractivity contribution in [2.75, 3.05) is 42.1 Å². The lowest BCUT2D eigenvalue weighted by Gasteiger charge is -2.36. The molecule has 0 spiro atoms. The first kappa shape index (κ1) is 22.6. The smallest absolute Gasteiger partial charge is 0.321 e. The van der Waals surface area contributed by atoms with Gasteiger partial charge in [0.2, 0.25) is 5.95 Å². The maximum atomic E-state index is 12.7. The number of anilines is 3. The number of hydrogen-bond acceptors (Lipinski definition) is 7. The molecule has 0 radical (unpaired) electrons. The van der Waals surface area contributed by atoms with Crippen molar-refractivity contribution in [2.45, 2.75) is 20.0 Å². The summed E-state index contributed by atoms with van der Waals surface area (Å²) in [5, 5.41) is 3.36. The number of rotatable bonds is 6. The van der Waals surface area contributed by atoms with Crippen LogP contribution in [0, 0.1) is 0 Å². The largest absolute Gasteiger partial charge is 0.483 e. The highest BCUT2D eigenvalue weighted by atomic mass is 35.5. The van der Waals surface area contributed by atoms with E-state index in [0.29, 0.717) is 48.6 Å². The number of aryl methyl sites for hydroxylation is 1. The fraction of sp³-hybridized carbons (Fsp3) is 0.304. The van der Waals surface area contributed by atoms with E-state index in [1.54, 1.807) is 29.3 Å². The maximum absolute atomic E-state index is 12.7. The van der Waals surface area contributed by atoms with Crippen LogP contribution in [0.3, 0.4) is 0 Å². The molecule has 0 atom stereocenters. The zero-order chi connectivity index (χ0) is 23.2. The van der Waals surface area contributed by atoms with Gasteiger partial charge in [-0.25, -0.2) is 19.7 Å². The summed E-state index contributed by atoms with van der Waals surface area (Å²) in [5.74, 6) is 1.42. The van der Waals surface area contributed by atoms with Crippen molar-refractivity contribution in [3.05, 3.63) is 65.1 Å². The van der Waals surface area contributed by atoms with Crippen molar-refractivity contribution in [3.63, 3.8) is 0 Å². The van der Waals surface area contributed by atoms with Gasteiger partial charge >= 0.3 is 6.03 Å². The van der Waals surface area contributed by atoms with Crippen LogP contribution in [0.2, 0.25) is 5.15 Å². The standard InChI is InChI=1S/C23H26ClN7O2/c1-2-16-4-3-5-17(14-16)28-23(32)31-12-10-30(11-13-31)21-19(6-7-20(24)29-21)33-15-18-8-9-26-22(25)27-18/h3-9,14H,2,10-13,15H2,1H3,(H,28,32)(H2,25,26,27). The van der Waals surface area contributed by atoms with Gasteiger partial charge in [-0.15, -0.1) is 0 Å². The Hall–Kier alpha value is -3.59. The van der Waals surface area contributed by atoms with Gasteiger partial charge in [-0.1, -0.05) is 30.7 Å². The van der Waals surface area contributed by atoms with Crippen LogP contribution in [0.25, 0.3) is 0 Å². The molecule has 3 heterocycles. The second-order valence-electron chi connectivity index (χ2n) is 7.61. The highest BCUT2D eigenvalue weighted by Gasteiger charge is 2.24. The summed E-state index contributed by atoms with van der Waals surface area (Å²) in [5.41, 5.74) is 8.29. The molecule has 1 fully saturated rings. The van der Waals surface area contributed by atoms with Crippen molar-refractivity contribution >= 4 is 35.1 Å². The molecule has 1 aromatic carbocycles. The van der Waals surface area contributed by atoms with Crippen molar-refractivity contribution in [1.82, 2.24) is 19.9 Å². The van der Waals surface area contributed by atoms with E-state index in [0.717, 1.165) is 12.1 Å². The summed E-state index contributed by atoms with van der Waals surface area (Å²) in [6.45, 7) is 4.62. The summed E-state index contributed by atoms with van der Waals surface area (Å²) >= 11 is 6.16. The van der Waals surface area contributed by atoms with Gasteiger partial charge in [-0.05, 0) is 42.3 Å². The third-order valence-electron chi connectivity index (χ3n) is 5.37. The number of benzene rings is 1. The summed E-state index contributed by atoms with van der Waals surface area (Å²) < 4.78 is 5.96. The molecule has 0 aliphatic carbocycles. The molecule has 2 aromatic heterocycles. The Morgan fingerprint density at radius 1 is 1.15 bits per heavy atom. The Morgan fingerprint density at radius 2 is 1.97 bits per heavy atom. The van der Waals surface area contributed by atoms with Crippen molar-refractivity contribution in [1.29, 1.82) is 0 Å². The van der Waals surface area contributed by atoms with Crippen LogP contribution in [-0.4, -0.2) is 52.1 Å². The normalized spacial score (nSPS) is 13.6. The van der Waals surface area contributed by atoms with E-state index in [1.165, 1.54) is 5.56 Å². The molecule has 0 unspecified atom stereocenters. The van der Waals surface area contributed by atoms with Crippen LogP contribution in [0.15, 0.2) is 48.7 Å². The lowest BCUT2D eigenvalue weighted by atomic mass is 10.1.